The lowest BCUT2D eigenvalue weighted by atomic mass is 10.0. The van der Waals surface area contributed by atoms with Crippen LogP contribution in [0.4, 0.5) is 0 Å². The Balaban J connectivity index is 4.11. The van der Waals surface area contributed by atoms with Gasteiger partial charge in [0.1, 0.15) is 13.2 Å². The molecule has 0 N–H and O–H groups in total. The molecule has 0 aromatic rings. The van der Waals surface area contributed by atoms with Crippen LogP contribution in [0.25, 0.3) is 0 Å². The lowest BCUT2D eigenvalue weighted by Gasteiger charge is -2.18. The molecule has 0 amide bonds. The van der Waals surface area contributed by atoms with E-state index in [-0.39, 0.29) is 31.1 Å². The average molecular weight is 1130 g/mol. The van der Waals surface area contributed by atoms with Gasteiger partial charge in [-0.25, -0.2) is 0 Å². The minimum atomic E-state index is -0.776. The first-order valence-electron chi connectivity index (χ1n) is 34.7. The maximum absolute atomic E-state index is 12.9. The quantitative estimate of drug-likeness (QED) is 0.0261. The largest absolute Gasteiger partial charge is 0.462 e. The predicted octanol–water partition coefficient (Wildman–Crippen LogP) is 24.0. The summed E-state index contributed by atoms with van der Waals surface area (Å²) < 4.78 is 16.9. The van der Waals surface area contributed by atoms with Crippen molar-refractivity contribution < 1.29 is 28.6 Å². The molecule has 1 atom stereocenters. The molecule has 6 heteroatoms. The number of allylic oxidation sites excluding steroid dienone is 16. The van der Waals surface area contributed by atoms with Crippen LogP contribution < -0.4 is 0 Å². The van der Waals surface area contributed by atoms with E-state index in [1.807, 2.05) is 0 Å². The first-order chi connectivity index (χ1) is 40.0. The molecule has 0 aromatic heterocycles. The molecule has 0 bridgehead atoms. The average Bonchev–Trinajstić information content (AvgIpc) is 3.47. The number of rotatable bonds is 63. The van der Waals surface area contributed by atoms with Gasteiger partial charge in [0.25, 0.3) is 0 Å². The third kappa shape index (κ3) is 67.0. The minimum Gasteiger partial charge on any atom is -0.462 e. The Kier molecular flexibility index (Phi) is 65.7. The Bertz CT molecular complexity index is 1580. The zero-order chi connectivity index (χ0) is 58.5. The number of esters is 3. The van der Waals surface area contributed by atoms with E-state index in [4.69, 9.17) is 14.2 Å². The van der Waals surface area contributed by atoms with Gasteiger partial charge in [0.15, 0.2) is 6.10 Å². The molecule has 0 radical (unpaired) electrons. The molecule has 0 saturated carbocycles. The summed E-state index contributed by atoms with van der Waals surface area (Å²) in [7, 11) is 0. The maximum atomic E-state index is 12.9. The molecule has 6 nitrogen and oxygen atoms in total. The summed E-state index contributed by atoms with van der Waals surface area (Å²) in [6.07, 6.45) is 93.0. The van der Waals surface area contributed by atoms with E-state index in [0.717, 1.165) is 103 Å². The highest BCUT2D eigenvalue weighted by Gasteiger charge is 2.19. The Labute approximate surface area is 502 Å². The normalized spacial score (nSPS) is 12.7. The molecular formula is C75H130O6. The molecular weight excluding hydrogens is 997 g/mol. The third-order valence-corrected chi connectivity index (χ3v) is 15.1. The molecule has 0 aliphatic heterocycles. The third-order valence-electron chi connectivity index (χ3n) is 15.1. The van der Waals surface area contributed by atoms with Crippen molar-refractivity contribution in [3.8, 4) is 0 Å². The van der Waals surface area contributed by atoms with Crippen molar-refractivity contribution in [2.24, 2.45) is 0 Å². The van der Waals surface area contributed by atoms with Crippen LogP contribution in [0.2, 0.25) is 0 Å². The fraction of sp³-hybridized carbons (Fsp3) is 0.747. The number of carbonyl (C=O) groups is 3. The van der Waals surface area contributed by atoms with Gasteiger partial charge in [0, 0.05) is 19.3 Å². The fourth-order valence-corrected chi connectivity index (χ4v) is 9.89. The first kappa shape index (κ1) is 77.3. The van der Waals surface area contributed by atoms with E-state index in [9.17, 15) is 14.4 Å². The molecule has 0 aliphatic carbocycles. The van der Waals surface area contributed by atoms with Gasteiger partial charge < -0.3 is 14.2 Å². The van der Waals surface area contributed by atoms with Crippen molar-refractivity contribution in [1.29, 1.82) is 0 Å². The predicted molar refractivity (Wildman–Crippen MR) is 353 cm³/mol. The zero-order valence-corrected chi connectivity index (χ0v) is 53.5. The van der Waals surface area contributed by atoms with E-state index in [1.165, 1.54) is 199 Å². The second-order valence-electron chi connectivity index (χ2n) is 23.1. The lowest BCUT2D eigenvalue weighted by Crippen LogP contribution is -2.30. The van der Waals surface area contributed by atoms with Crippen LogP contribution in [-0.2, 0) is 28.6 Å². The van der Waals surface area contributed by atoms with Crippen LogP contribution in [0.5, 0.6) is 0 Å². The van der Waals surface area contributed by atoms with Crippen LogP contribution in [0.15, 0.2) is 97.2 Å². The summed E-state index contributed by atoms with van der Waals surface area (Å²) in [5, 5.41) is 0. The summed E-state index contributed by atoms with van der Waals surface area (Å²) in [5.41, 5.74) is 0. The smallest absolute Gasteiger partial charge is 0.306 e. The van der Waals surface area contributed by atoms with Crippen molar-refractivity contribution in [1.82, 2.24) is 0 Å². The molecule has 0 spiro atoms. The van der Waals surface area contributed by atoms with Crippen LogP contribution in [0.3, 0.4) is 0 Å². The summed E-state index contributed by atoms with van der Waals surface area (Å²) >= 11 is 0. The topological polar surface area (TPSA) is 78.9 Å². The van der Waals surface area contributed by atoms with Crippen molar-refractivity contribution in [2.75, 3.05) is 13.2 Å². The number of unbranched alkanes of at least 4 members (excludes halogenated alkanes) is 36. The summed E-state index contributed by atoms with van der Waals surface area (Å²) in [6, 6.07) is 0. The Hall–Kier alpha value is -3.67. The molecule has 0 fully saturated rings. The van der Waals surface area contributed by atoms with Gasteiger partial charge in [0.05, 0.1) is 0 Å². The Morgan fingerprint density at radius 3 is 0.765 bits per heavy atom. The monoisotopic (exact) mass is 1130 g/mol. The van der Waals surface area contributed by atoms with Crippen molar-refractivity contribution in [2.45, 2.75) is 348 Å². The van der Waals surface area contributed by atoms with Gasteiger partial charge >= 0.3 is 17.9 Å². The number of hydrogen-bond acceptors (Lipinski definition) is 6. The molecule has 0 aromatic carbocycles. The number of hydrogen-bond donors (Lipinski definition) is 0. The van der Waals surface area contributed by atoms with Gasteiger partial charge in [0.2, 0.25) is 0 Å². The highest BCUT2D eigenvalue weighted by Crippen LogP contribution is 2.17. The number of ether oxygens (including phenoxy) is 3. The Morgan fingerprint density at radius 2 is 0.481 bits per heavy atom. The maximum Gasteiger partial charge on any atom is 0.306 e. The van der Waals surface area contributed by atoms with Gasteiger partial charge in [-0.15, -0.1) is 0 Å². The molecule has 1 unspecified atom stereocenters. The molecule has 0 rings (SSSR count). The van der Waals surface area contributed by atoms with Crippen LogP contribution in [0.1, 0.15) is 342 Å². The SMILES string of the molecule is CC/C=C\C/C=C\C/C=C\C/C=C\C/C=C\C/C=C\C/C=C\CCCCCCCCCCCCCCCC(=O)OCC(COC(=O)CCCCCCCCCCC)OC(=O)CCCCCCCCCCC/C=C\CCCCCCCC. The van der Waals surface area contributed by atoms with Crippen LogP contribution in [0, 0.1) is 0 Å². The molecule has 0 saturated heterocycles. The van der Waals surface area contributed by atoms with E-state index in [0.29, 0.717) is 19.3 Å². The van der Waals surface area contributed by atoms with Gasteiger partial charge in [-0.3, -0.25) is 14.4 Å². The molecule has 0 heterocycles. The van der Waals surface area contributed by atoms with Crippen LogP contribution in [-0.4, -0.2) is 37.2 Å². The first-order valence-corrected chi connectivity index (χ1v) is 34.7. The highest BCUT2D eigenvalue weighted by molar-refractivity contribution is 5.71. The zero-order valence-electron chi connectivity index (χ0n) is 53.5. The highest BCUT2D eigenvalue weighted by atomic mass is 16.6. The molecule has 0 aliphatic rings. The summed E-state index contributed by atoms with van der Waals surface area (Å²) in [4.78, 5) is 38.2. The van der Waals surface area contributed by atoms with E-state index in [1.54, 1.807) is 0 Å². The molecule has 466 valence electrons. The number of carbonyl (C=O) groups excluding carboxylic acids is 3. The van der Waals surface area contributed by atoms with E-state index in [2.05, 4.69) is 118 Å². The summed E-state index contributed by atoms with van der Waals surface area (Å²) in [5.74, 6) is -0.865. The lowest BCUT2D eigenvalue weighted by molar-refractivity contribution is -0.167. The van der Waals surface area contributed by atoms with E-state index < -0.39 is 6.10 Å². The van der Waals surface area contributed by atoms with Crippen molar-refractivity contribution in [3.05, 3.63) is 97.2 Å². The van der Waals surface area contributed by atoms with Gasteiger partial charge in [-0.1, -0.05) is 317 Å². The Morgan fingerprint density at radius 1 is 0.259 bits per heavy atom. The standard InChI is InChI=1S/C75H130O6/c1-4-7-10-13-16-19-21-23-25-27-29-30-31-32-33-34-35-36-37-38-39-40-41-42-43-44-46-47-49-51-53-56-59-62-65-68-74(77)80-71-72(70-79-73(76)67-64-61-58-55-18-15-12-9-6-3)81-75(78)69-66-63-60-57-54-52-50-48-45-28-26-24-22-20-17-14-11-8-5-2/h7,10,16,19,23-26,29-30,32-33,35-36,38-39,72H,4-6,8-9,11-15,17-18,20-22,27-28,31,34,37,40-71H2,1-3H3/b10-7-,19-16-,25-23-,26-24-,30-29-,33-32-,36-35-,39-38-. The molecule has 81 heavy (non-hydrogen) atoms. The minimum absolute atomic E-state index is 0.0735. The second-order valence-corrected chi connectivity index (χ2v) is 23.1. The van der Waals surface area contributed by atoms with Crippen molar-refractivity contribution in [3.63, 3.8) is 0 Å². The van der Waals surface area contributed by atoms with Gasteiger partial charge in [-0.05, 0) is 103 Å². The van der Waals surface area contributed by atoms with Gasteiger partial charge in [-0.2, -0.15) is 0 Å². The second kappa shape index (κ2) is 68.8. The summed E-state index contributed by atoms with van der Waals surface area (Å²) in [6.45, 7) is 6.54. The van der Waals surface area contributed by atoms with Crippen molar-refractivity contribution >= 4 is 17.9 Å². The van der Waals surface area contributed by atoms with Crippen LogP contribution >= 0.6 is 0 Å². The van der Waals surface area contributed by atoms with E-state index >= 15 is 0 Å². The fourth-order valence-electron chi connectivity index (χ4n) is 9.89.